The molecular formula is C17H20BrN3O2. The molecule has 23 heavy (non-hydrogen) atoms. The van der Waals surface area contributed by atoms with Crippen LogP contribution >= 0.6 is 15.9 Å². The van der Waals surface area contributed by atoms with Crippen molar-refractivity contribution in [3.63, 3.8) is 0 Å². The summed E-state index contributed by atoms with van der Waals surface area (Å²) in [6.45, 7) is 2.12. The first-order valence-corrected chi connectivity index (χ1v) is 8.32. The molecule has 0 aliphatic carbocycles. The second kappa shape index (κ2) is 8.64. The first-order valence-electron chi connectivity index (χ1n) is 7.53. The molecule has 5 nitrogen and oxygen atoms in total. The molecular weight excluding hydrogens is 358 g/mol. The van der Waals surface area contributed by atoms with Gasteiger partial charge in [0.25, 0.3) is 5.91 Å². The molecule has 1 heterocycles. The molecule has 2 aromatic rings. The summed E-state index contributed by atoms with van der Waals surface area (Å²) < 4.78 is 0.953. The smallest absolute Gasteiger partial charge is 0.259 e. The topological polar surface area (TPSA) is 74.2 Å². The van der Waals surface area contributed by atoms with Gasteiger partial charge in [-0.3, -0.25) is 4.79 Å². The fourth-order valence-corrected chi connectivity index (χ4v) is 2.43. The van der Waals surface area contributed by atoms with Crippen LogP contribution in [0.5, 0.6) is 0 Å². The van der Waals surface area contributed by atoms with Crippen LogP contribution in [0.15, 0.2) is 47.1 Å². The molecule has 0 aliphatic heterocycles. The summed E-state index contributed by atoms with van der Waals surface area (Å²) in [6, 6.07) is 10.9. The molecule has 0 spiro atoms. The van der Waals surface area contributed by atoms with Crippen LogP contribution in [-0.4, -0.2) is 28.6 Å². The molecule has 1 amide bonds. The lowest BCUT2D eigenvalue weighted by Crippen LogP contribution is -2.23. The largest absolute Gasteiger partial charge is 0.396 e. The number of aliphatic hydroxyl groups excluding tert-OH is 1. The molecule has 1 aromatic heterocycles. The number of nitrogens with one attached hydrogen (secondary N) is 2. The molecule has 0 fully saturated rings. The van der Waals surface area contributed by atoms with E-state index >= 15 is 0 Å². The van der Waals surface area contributed by atoms with Crippen molar-refractivity contribution in [1.82, 2.24) is 4.98 Å². The van der Waals surface area contributed by atoms with Gasteiger partial charge in [-0.05, 0) is 49.2 Å². The number of carbonyl (C=O) groups is 1. The van der Waals surface area contributed by atoms with Gasteiger partial charge in [-0.2, -0.15) is 0 Å². The van der Waals surface area contributed by atoms with Crippen LogP contribution in [0.4, 0.5) is 11.5 Å². The average molecular weight is 378 g/mol. The zero-order chi connectivity index (χ0) is 16.7. The standard InChI is InChI=1S/C17H20BrN3O2/c1-2-13(9-11-22)20-16-15(4-3-10-19-16)17(23)21-14-7-5-12(18)6-8-14/h3-8,10,13,22H,2,9,11H2,1H3,(H,19,20)(H,21,23). The lowest BCUT2D eigenvalue weighted by Gasteiger charge is -2.18. The Labute approximate surface area is 144 Å². The first-order chi connectivity index (χ1) is 11.1. The van der Waals surface area contributed by atoms with Crippen LogP contribution in [0.3, 0.4) is 0 Å². The van der Waals surface area contributed by atoms with Crippen LogP contribution in [0.2, 0.25) is 0 Å². The van der Waals surface area contributed by atoms with Gasteiger partial charge in [0.2, 0.25) is 0 Å². The van der Waals surface area contributed by atoms with Gasteiger partial charge < -0.3 is 15.7 Å². The van der Waals surface area contributed by atoms with E-state index in [-0.39, 0.29) is 18.6 Å². The zero-order valence-corrected chi connectivity index (χ0v) is 14.5. The Hall–Kier alpha value is -1.92. The van der Waals surface area contributed by atoms with Gasteiger partial charge in [-0.25, -0.2) is 4.98 Å². The van der Waals surface area contributed by atoms with Gasteiger partial charge in [0.15, 0.2) is 0 Å². The molecule has 0 saturated carbocycles. The summed E-state index contributed by atoms with van der Waals surface area (Å²) in [6.07, 6.45) is 3.09. The third-order valence-corrected chi connectivity index (χ3v) is 3.99. The van der Waals surface area contributed by atoms with Gasteiger partial charge in [0.05, 0.1) is 5.56 Å². The molecule has 2 rings (SSSR count). The highest BCUT2D eigenvalue weighted by molar-refractivity contribution is 9.10. The highest BCUT2D eigenvalue weighted by Gasteiger charge is 2.15. The minimum Gasteiger partial charge on any atom is -0.396 e. The molecule has 0 saturated heterocycles. The Morgan fingerprint density at radius 1 is 1.30 bits per heavy atom. The lowest BCUT2D eigenvalue weighted by atomic mass is 10.1. The predicted octanol–water partition coefficient (Wildman–Crippen LogP) is 3.67. The summed E-state index contributed by atoms with van der Waals surface area (Å²) in [5.74, 6) is 0.309. The summed E-state index contributed by atoms with van der Waals surface area (Å²) >= 11 is 3.36. The summed E-state index contributed by atoms with van der Waals surface area (Å²) in [7, 11) is 0. The third kappa shape index (κ3) is 5.04. The summed E-state index contributed by atoms with van der Waals surface area (Å²) in [5.41, 5.74) is 1.20. The number of aromatic nitrogens is 1. The number of anilines is 2. The molecule has 1 atom stereocenters. The van der Waals surface area contributed by atoms with E-state index in [1.807, 2.05) is 31.2 Å². The van der Waals surface area contributed by atoms with Crippen molar-refractivity contribution in [2.24, 2.45) is 0 Å². The molecule has 1 aromatic carbocycles. The van der Waals surface area contributed by atoms with Gasteiger partial charge >= 0.3 is 0 Å². The Bertz CT molecular complexity index is 647. The molecule has 3 N–H and O–H groups in total. The number of aliphatic hydroxyl groups is 1. The van der Waals surface area contributed by atoms with E-state index in [0.29, 0.717) is 17.8 Å². The Morgan fingerprint density at radius 2 is 2.04 bits per heavy atom. The second-order valence-electron chi connectivity index (χ2n) is 5.12. The maximum absolute atomic E-state index is 12.5. The number of amides is 1. The number of benzene rings is 1. The Morgan fingerprint density at radius 3 is 2.70 bits per heavy atom. The number of nitrogens with zero attached hydrogens (tertiary/aromatic N) is 1. The van der Waals surface area contributed by atoms with Crippen molar-refractivity contribution in [1.29, 1.82) is 0 Å². The molecule has 6 heteroatoms. The highest BCUT2D eigenvalue weighted by atomic mass is 79.9. The highest BCUT2D eigenvalue weighted by Crippen LogP contribution is 2.18. The Kier molecular flexibility index (Phi) is 6.55. The van der Waals surface area contributed by atoms with Gasteiger partial charge in [0, 0.05) is 29.0 Å². The second-order valence-corrected chi connectivity index (χ2v) is 6.04. The van der Waals surface area contributed by atoms with E-state index < -0.39 is 0 Å². The fraction of sp³-hybridized carbons (Fsp3) is 0.294. The number of hydrogen-bond donors (Lipinski definition) is 3. The van der Waals surface area contributed by atoms with Crippen LogP contribution < -0.4 is 10.6 Å². The normalized spacial score (nSPS) is 11.8. The van der Waals surface area contributed by atoms with Crippen LogP contribution in [0, 0.1) is 0 Å². The van der Waals surface area contributed by atoms with Gasteiger partial charge in [0.1, 0.15) is 5.82 Å². The first kappa shape index (κ1) is 17.4. The summed E-state index contributed by atoms with van der Waals surface area (Å²) in [5, 5.41) is 15.2. The number of halogens is 1. The monoisotopic (exact) mass is 377 g/mol. The van der Waals surface area contributed by atoms with E-state index in [1.54, 1.807) is 18.3 Å². The lowest BCUT2D eigenvalue weighted by molar-refractivity contribution is 0.102. The van der Waals surface area contributed by atoms with Crippen LogP contribution in [-0.2, 0) is 0 Å². The minimum absolute atomic E-state index is 0.0779. The van der Waals surface area contributed by atoms with Crippen molar-refractivity contribution in [2.75, 3.05) is 17.2 Å². The number of carbonyl (C=O) groups excluding carboxylic acids is 1. The predicted molar refractivity (Wildman–Crippen MR) is 95.7 cm³/mol. The number of pyridine rings is 1. The number of hydrogen-bond acceptors (Lipinski definition) is 4. The van der Waals surface area contributed by atoms with Gasteiger partial charge in [-0.1, -0.05) is 22.9 Å². The molecule has 1 unspecified atom stereocenters. The Balaban J connectivity index is 2.15. The van der Waals surface area contributed by atoms with Crippen molar-refractivity contribution in [3.8, 4) is 0 Å². The quantitative estimate of drug-likeness (QED) is 0.687. The molecule has 122 valence electrons. The molecule has 0 aliphatic rings. The van der Waals surface area contributed by atoms with E-state index in [4.69, 9.17) is 5.11 Å². The van der Waals surface area contributed by atoms with Crippen molar-refractivity contribution < 1.29 is 9.90 Å². The summed E-state index contributed by atoms with van der Waals surface area (Å²) in [4.78, 5) is 16.8. The van der Waals surface area contributed by atoms with Gasteiger partial charge in [-0.15, -0.1) is 0 Å². The van der Waals surface area contributed by atoms with E-state index in [1.165, 1.54) is 0 Å². The minimum atomic E-state index is -0.221. The third-order valence-electron chi connectivity index (χ3n) is 3.47. The zero-order valence-electron chi connectivity index (χ0n) is 12.9. The average Bonchev–Trinajstić information content (AvgIpc) is 2.57. The van der Waals surface area contributed by atoms with Crippen molar-refractivity contribution in [3.05, 3.63) is 52.6 Å². The maximum atomic E-state index is 12.5. The molecule has 0 radical (unpaired) electrons. The maximum Gasteiger partial charge on any atom is 0.259 e. The van der Waals surface area contributed by atoms with E-state index in [9.17, 15) is 4.79 Å². The number of rotatable bonds is 7. The van der Waals surface area contributed by atoms with E-state index in [2.05, 4.69) is 31.5 Å². The van der Waals surface area contributed by atoms with Crippen molar-refractivity contribution >= 4 is 33.3 Å². The fourth-order valence-electron chi connectivity index (χ4n) is 2.16. The van der Waals surface area contributed by atoms with Crippen LogP contribution in [0.25, 0.3) is 0 Å². The van der Waals surface area contributed by atoms with E-state index in [0.717, 1.165) is 16.6 Å². The van der Waals surface area contributed by atoms with Crippen molar-refractivity contribution in [2.45, 2.75) is 25.8 Å². The molecule has 0 bridgehead atoms. The van der Waals surface area contributed by atoms with Crippen LogP contribution in [0.1, 0.15) is 30.1 Å². The SMILES string of the molecule is CCC(CCO)Nc1ncccc1C(=O)Nc1ccc(Br)cc1.